The van der Waals surface area contributed by atoms with Gasteiger partial charge in [0.1, 0.15) is 24.1 Å². The molecule has 5 rings (SSSR count). The van der Waals surface area contributed by atoms with Crippen LogP contribution in [-0.2, 0) is 16.1 Å². The van der Waals surface area contributed by atoms with Gasteiger partial charge in [-0.2, -0.15) is 4.80 Å². The van der Waals surface area contributed by atoms with Crippen LogP contribution in [0.3, 0.4) is 0 Å². The maximum Gasteiger partial charge on any atom is 0.251 e. The number of tetrazole rings is 1. The van der Waals surface area contributed by atoms with Crippen molar-refractivity contribution in [3.8, 4) is 17.3 Å². The van der Waals surface area contributed by atoms with Crippen molar-refractivity contribution in [1.29, 1.82) is 0 Å². The number of hydrogen-bond donors (Lipinski definition) is 1. The van der Waals surface area contributed by atoms with Crippen molar-refractivity contribution in [3.05, 3.63) is 64.5 Å². The van der Waals surface area contributed by atoms with E-state index in [1.807, 2.05) is 24.4 Å². The Balaban J connectivity index is 1.49. The van der Waals surface area contributed by atoms with E-state index in [4.69, 9.17) is 9.15 Å². The molecule has 1 unspecified atom stereocenters. The average Bonchev–Trinajstić information content (AvgIpc) is 3.71. The van der Waals surface area contributed by atoms with Crippen molar-refractivity contribution < 1.29 is 18.7 Å². The number of rotatable bonds is 9. The first-order valence-corrected chi connectivity index (χ1v) is 13.0. The number of nitrogens with zero attached hydrogens (tertiary/aromatic N) is 5. The number of benzene rings is 1. The first-order valence-electron chi connectivity index (χ1n) is 12.2. The van der Waals surface area contributed by atoms with Gasteiger partial charge in [-0.3, -0.25) is 14.5 Å². The van der Waals surface area contributed by atoms with E-state index in [1.165, 1.54) is 21.0 Å². The van der Waals surface area contributed by atoms with Gasteiger partial charge in [-0.05, 0) is 60.7 Å². The number of ether oxygens (including phenoxy) is 1. The Morgan fingerprint density at radius 3 is 2.76 bits per heavy atom. The lowest BCUT2D eigenvalue weighted by Gasteiger charge is -2.31. The van der Waals surface area contributed by atoms with E-state index in [9.17, 15) is 9.59 Å². The van der Waals surface area contributed by atoms with Crippen molar-refractivity contribution in [3.63, 3.8) is 0 Å². The number of thiophene rings is 1. The second-order valence-electron chi connectivity index (χ2n) is 8.93. The van der Waals surface area contributed by atoms with Gasteiger partial charge in [-0.15, -0.1) is 21.5 Å². The summed E-state index contributed by atoms with van der Waals surface area (Å²) in [6.07, 6.45) is 4.05. The number of carbonyl (C=O) groups is 2. The van der Waals surface area contributed by atoms with Crippen LogP contribution in [0.1, 0.15) is 42.4 Å². The van der Waals surface area contributed by atoms with Crippen LogP contribution in [0, 0.1) is 6.92 Å². The molecule has 1 N–H and O–H groups in total. The molecule has 0 radical (unpaired) electrons. The topological polar surface area (TPSA) is 115 Å². The monoisotopic (exact) mass is 520 g/mol. The minimum Gasteiger partial charge on any atom is -0.497 e. The van der Waals surface area contributed by atoms with Gasteiger partial charge in [0.05, 0.1) is 7.11 Å². The Morgan fingerprint density at radius 2 is 2.05 bits per heavy atom. The summed E-state index contributed by atoms with van der Waals surface area (Å²) < 4.78 is 11.0. The minimum absolute atomic E-state index is 0.105. The van der Waals surface area contributed by atoms with Crippen LogP contribution >= 0.6 is 11.3 Å². The molecule has 0 aliphatic heterocycles. The molecule has 2 amide bonds. The highest BCUT2D eigenvalue weighted by Gasteiger charge is 2.35. The van der Waals surface area contributed by atoms with Gasteiger partial charge in [-0.25, -0.2) is 0 Å². The summed E-state index contributed by atoms with van der Waals surface area (Å²) in [5.41, 5.74) is 0.534. The molecule has 11 heteroatoms. The minimum atomic E-state index is -0.865. The smallest absolute Gasteiger partial charge is 0.251 e. The van der Waals surface area contributed by atoms with Crippen molar-refractivity contribution in [1.82, 2.24) is 25.5 Å². The average molecular weight is 521 g/mol. The van der Waals surface area contributed by atoms with E-state index in [0.29, 0.717) is 17.2 Å². The number of aromatic nitrogens is 4. The summed E-state index contributed by atoms with van der Waals surface area (Å²) in [6.45, 7) is 1.60. The predicted octanol–water partition coefficient (Wildman–Crippen LogP) is 4.14. The third-order valence-electron chi connectivity index (χ3n) is 6.31. The zero-order valence-corrected chi connectivity index (χ0v) is 21.5. The number of furan rings is 1. The quantitative estimate of drug-likeness (QED) is 0.353. The van der Waals surface area contributed by atoms with E-state index in [2.05, 4.69) is 20.7 Å². The first kappa shape index (κ1) is 24.7. The first-order chi connectivity index (χ1) is 18.0. The van der Waals surface area contributed by atoms with E-state index in [-0.39, 0.29) is 30.2 Å². The Labute approximate surface area is 218 Å². The molecule has 0 saturated heterocycles. The normalized spacial score (nSPS) is 14.4. The molecule has 3 aromatic heterocycles. The van der Waals surface area contributed by atoms with Gasteiger partial charge in [0.2, 0.25) is 11.7 Å². The zero-order valence-electron chi connectivity index (χ0n) is 20.7. The molecule has 0 bridgehead atoms. The highest BCUT2D eigenvalue weighted by atomic mass is 32.1. The number of nitrogens with one attached hydrogen (secondary N) is 1. The summed E-state index contributed by atoms with van der Waals surface area (Å²) in [5.74, 6) is 1.46. The van der Waals surface area contributed by atoms with Crippen LogP contribution in [0.5, 0.6) is 5.75 Å². The molecule has 1 aliphatic carbocycles. The third kappa shape index (κ3) is 5.56. The maximum absolute atomic E-state index is 13.9. The Kier molecular flexibility index (Phi) is 7.31. The predicted molar refractivity (Wildman–Crippen MR) is 138 cm³/mol. The molecule has 0 spiro atoms. The van der Waals surface area contributed by atoms with Crippen molar-refractivity contribution in [2.45, 2.75) is 51.2 Å². The molecular formula is C26H28N6O4S. The lowest BCUT2D eigenvalue weighted by atomic mass is 10.1. The van der Waals surface area contributed by atoms with Crippen molar-refractivity contribution >= 4 is 28.8 Å². The SMILES string of the molecule is COc1cccc(N(C(=O)Cn2nnc(-c3ccc(C)o3)n2)C(C(=O)NC2CCCC2)c2cccs2)c1. The van der Waals surface area contributed by atoms with Gasteiger partial charge >= 0.3 is 0 Å². The lowest BCUT2D eigenvalue weighted by Crippen LogP contribution is -2.47. The molecule has 37 heavy (non-hydrogen) atoms. The molecule has 4 aromatic rings. The van der Waals surface area contributed by atoms with Crippen LogP contribution in [0.25, 0.3) is 11.6 Å². The molecular weight excluding hydrogens is 492 g/mol. The fourth-order valence-corrected chi connectivity index (χ4v) is 5.34. The van der Waals surface area contributed by atoms with Crippen LogP contribution in [0.15, 0.2) is 58.3 Å². The Hall–Kier alpha value is -3.99. The van der Waals surface area contributed by atoms with E-state index in [0.717, 1.165) is 36.3 Å². The number of aryl methyl sites for hydroxylation is 1. The second-order valence-corrected chi connectivity index (χ2v) is 9.91. The highest BCUT2D eigenvalue weighted by molar-refractivity contribution is 7.10. The van der Waals surface area contributed by atoms with Gasteiger partial charge in [0.15, 0.2) is 5.76 Å². The number of methoxy groups -OCH3 is 1. The van der Waals surface area contributed by atoms with Gasteiger partial charge in [-0.1, -0.05) is 25.0 Å². The molecule has 1 fully saturated rings. The highest BCUT2D eigenvalue weighted by Crippen LogP contribution is 2.33. The molecule has 1 saturated carbocycles. The maximum atomic E-state index is 13.9. The summed E-state index contributed by atoms with van der Waals surface area (Å²) >= 11 is 1.43. The molecule has 3 heterocycles. The summed E-state index contributed by atoms with van der Waals surface area (Å²) in [7, 11) is 1.56. The van der Waals surface area contributed by atoms with Crippen LogP contribution < -0.4 is 15.0 Å². The molecule has 1 aromatic carbocycles. The fraction of sp³-hybridized carbons (Fsp3) is 0.346. The van der Waals surface area contributed by atoms with Crippen LogP contribution in [0.4, 0.5) is 5.69 Å². The summed E-state index contributed by atoms with van der Waals surface area (Å²) in [5, 5.41) is 17.5. The largest absolute Gasteiger partial charge is 0.497 e. The number of amides is 2. The number of carbonyl (C=O) groups excluding carboxylic acids is 2. The van der Waals surface area contributed by atoms with Crippen molar-refractivity contribution in [2.75, 3.05) is 12.0 Å². The standard InChI is InChI=1S/C26H28N6O4S/c1-17-12-13-21(36-17)25-28-30-31(29-25)16-23(33)32(19-9-5-10-20(15-19)35-2)24(22-11-6-14-37-22)26(34)27-18-7-3-4-8-18/h5-6,9-15,18,24H,3-4,7-8,16H2,1-2H3,(H,27,34). The molecule has 192 valence electrons. The van der Waals surface area contributed by atoms with E-state index in [1.54, 1.807) is 43.5 Å². The Morgan fingerprint density at radius 1 is 1.22 bits per heavy atom. The Bertz CT molecular complexity index is 1360. The lowest BCUT2D eigenvalue weighted by molar-refractivity contribution is -0.127. The van der Waals surface area contributed by atoms with Gasteiger partial charge < -0.3 is 14.5 Å². The third-order valence-corrected chi connectivity index (χ3v) is 7.24. The van der Waals surface area contributed by atoms with Gasteiger partial charge in [0, 0.05) is 22.7 Å². The van der Waals surface area contributed by atoms with Crippen LogP contribution in [0.2, 0.25) is 0 Å². The second kappa shape index (κ2) is 11.0. The molecule has 1 atom stereocenters. The zero-order chi connectivity index (χ0) is 25.8. The molecule has 10 nitrogen and oxygen atoms in total. The van der Waals surface area contributed by atoms with E-state index < -0.39 is 6.04 Å². The summed E-state index contributed by atoms with van der Waals surface area (Å²) in [6, 6.07) is 13.7. The van der Waals surface area contributed by atoms with Crippen LogP contribution in [-0.4, -0.2) is 45.2 Å². The fourth-order valence-electron chi connectivity index (χ4n) is 4.53. The molecule has 1 aliphatic rings. The number of hydrogen-bond acceptors (Lipinski definition) is 8. The summed E-state index contributed by atoms with van der Waals surface area (Å²) in [4.78, 5) is 31.1. The van der Waals surface area contributed by atoms with E-state index >= 15 is 0 Å². The van der Waals surface area contributed by atoms with Crippen molar-refractivity contribution in [2.24, 2.45) is 0 Å². The number of anilines is 1. The van der Waals surface area contributed by atoms with Gasteiger partial charge in [0.25, 0.3) is 5.91 Å².